The number of aryl methyl sites for hydroxylation is 2. The smallest absolute Gasteiger partial charge is 0.153 e. The standard InChI is InChI=1S/C14H16N4O/c1-9-16-13(11-5-4-6-19-11)12-10(7-15-2)8-18(3)14(12)17-9/h4-6,8,15H,7H2,1-3H3. The van der Waals surface area contributed by atoms with Crippen molar-refractivity contribution in [3.63, 3.8) is 0 Å². The van der Waals surface area contributed by atoms with Gasteiger partial charge in [-0.25, -0.2) is 9.97 Å². The molecule has 0 bridgehead atoms. The van der Waals surface area contributed by atoms with Crippen molar-refractivity contribution >= 4 is 11.0 Å². The Bertz CT molecular complexity index is 713. The van der Waals surface area contributed by atoms with E-state index in [-0.39, 0.29) is 0 Å². The molecule has 3 aromatic rings. The lowest BCUT2D eigenvalue weighted by Crippen LogP contribution is -2.05. The van der Waals surface area contributed by atoms with Crippen molar-refractivity contribution in [2.24, 2.45) is 7.05 Å². The van der Waals surface area contributed by atoms with Crippen LogP contribution in [0.5, 0.6) is 0 Å². The normalized spacial score (nSPS) is 11.3. The summed E-state index contributed by atoms with van der Waals surface area (Å²) in [5.74, 6) is 1.52. The zero-order chi connectivity index (χ0) is 13.4. The molecule has 5 nitrogen and oxygen atoms in total. The van der Waals surface area contributed by atoms with Gasteiger partial charge in [-0.2, -0.15) is 0 Å². The molecule has 0 amide bonds. The van der Waals surface area contributed by atoms with E-state index in [0.717, 1.165) is 34.9 Å². The summed E-state index contributed by atoms with van der Waals surface area (Å²) in [7, 11) is 3.93. The molecule has 3 heterocycles. The van der Waals surface area contributed by atoms with Crippen LogP contribution in [-0.4, -0.2) is 21.6 Å². The molecular weight excluding hydrogens is 240 g/mol. The zero-order valence-corrected chi connectivity index (χ0v) is 11.3. The van der Waals surface area contributed by atoms with Crippen molar-refractivity contribution in [3.8, 4) is 11.5 Å². The lowest BCUT2D eigenvalue weighted by molar-refractivity contribution is 0.580. The van der Waals surface area contributed by atoms with E-state index >= 15 is 0 Å². The van der Waals surface area contributed by atoms with Gasteiger partial charge in [0.1, 0.15) is 17.2 Å². The fraction of sp³-hybridized carbons (Fsp3) is 0.286. The largest absolute Gasteiger partial charge is 0.463 e. The van der Waals surface area contributed by atoms with Gasteiger partial charge < -0.3 is 14.3 Å². The van der Waals surface area contributed by atoms with Crippen LogP contribution in [0, 0.1) is 6.92 Å². The summed E-state index contributed by atoms with van der Waals surface area (Å²) in [6.45, 7) is 2.67. The third-order valence-electron chi connectivity index (χ3n) is 3.13. The molecule has 0 aliphatic carbocycles. The number of furan rings is 1. The molecule has 0 aliphatic heterocycles. The molecule has 0 saturated heterocycles. The van der Waals surface area contributed by atoms with Gasteiger partial charge in [-0.05, 0) is 31.7 Å². The van der Waals surface area contributed by atoms with Crippen LogP contribution in [0.2, 0.25) is 0 Å². The van der Waals surface area contributed by atoms with Crippen LogP contribution in [0.4, 0.5) is 0 Å². The number of nitrogens with zero attached hydrogens (tertiary/aromatic N) is 3. The number of rotatable bonds is 3. The first-order valence-corrected chi connectivity index (χ1v) is 6.21. The van der Waals surface area contributed by atoms with Crippen LogP contribution in [0.3, 0.4) is 0 Å². The van der Waals surface area contributed by atoms with Crippen molar-refractivity contribution in [3.05, 3.63) is 36.0 Å². The first-order chi connectivity index (χ1) is 9.20. The summed E-state index contributed by atoms with van der Waals surface area (Å²) >= 11 is 0. The number of fused-ring (bicyclic) bond motifs is 1. The molecule has 0 spiro atoms. The van der Waals surface area contributed by atoms with Crippen LogP contribution in [0.1, 0.15) is 11.4 Å². The minimum absolute atomic E-state index is 0.746. The monoisotopic (exact) mass is 256 g/mol. The molecule has 1 N–H and O–H groups in total. The van der Waals surface area contributed by atoms with Crippen molar-refractivity contribution in [1.29, 1.82) is 0 Å². The van der Waals surface area contributed by atoms with Crippen molar-refractivity contribution < 1.29 is 4.42 Å². The second-order valence-electron chi connectivity index (χ2n) is 4.59. The molecule has 0 fully saturated rings. The highest BCUT2D eigenvalue weighted by Gasteiger charge is 2.17. The van der Waals surface area contributed by atoms with Gasteiger partial charge >= 0.3 is 0 Å². The van der Waals surface area contributed by atoms with Gasteiger partial charge in [-0.1, -0.05) is 0 Å². The van der Waals surface area contributed by atoms with Gasteiger partial charge in [0, 0.05) is 19.8 Å². The quantitative estimate of drug-likeness (QED) is 0.781. The predicted molar refractivity (Wildman–Crippen MR) is 73.7 cm³/mol. The highest BCUT2D eigenvalue weighted by Crippen LogP contribution is 2.30. The maximum Gasteiger partial charge on any atom is 0.153 e. The van der Waals surface area contributed by atoms with Crippen molar-refractivity contribution in [2.45, 2.75) is 13.5 Å². The third kappa shape index (κ3) is 1.92. The Labute approximate surface area is 111 Å². The highest BCUT2D eigenvalue weighted by molar-refractivity contribution is 5.92. The van der Waals surface area contributed by atoms with Crippen molar-refractivity contribution in [2.75, 3.05) is 7.05 Å². The minimum Gasteiger partial charge on any atom is -0.463 e. The number of nitrogens with one attached hydrogen (secondary N) is 1. The lowest BCUT2D eigenvalue weighted by Gasteiger charge is -2.04. The molecule has 0 unspecified atom stereocenters. The van der Waals surface area contributed by atoms with E-state index in [4.69, 9.17) is 4.42 Å². The molecule has 5 heteroatoms. The summed E-state index contributed by atoms with van der Waals surface area (Å²) in [4.78, 5) is 9.09. The first kappa shape index (κ1) is 11.9. The molecule has 0 saturated carbocycles. The second kappa shape index (κ2) is 4.51. The Hall–Kier alpha value is -2.14. The Morgan fingerprint density at radius 1 is 1.37 bits per heavy atom. The Morgan fingerprint density at radius 3 is 2.89 bits per heavy atom. The summed E-state index contributed by atoms with van der Waals surface area (Å²) in [5, 5.41) is 4.23. The van der Waals surface area contributed by atoms with Crippen LogP contribution in [0.25, 0.3) is 22.5 Å². The SMILES string of the molecule is CNCc1cn(C)c2nc(C)nc(-c3ccco3)c12. The summed E-state index contributed by atoms with van der Waals surface area (Å²) in [6.07, 6.45) is 3.75. The molecular formula is C14H16N4O. The highest BCUT2D eigenvalue weighted by atomic mass is 16.3. The topological polar surface area (TPSA) is 55.9 Å². The van der Waals surface area contributed by atoms with E-state index in [1.54, 1.807) is 6.26 Å². The molecule has 19 heavy (non-hydrogen) atoms. The molecule has 0 aliphatic rings. The summed E-state index contributed by atoms with van der Waals surface area (Å²) in [5.41, 5.74) is 2.97. The molecule has 98 valence electrons. The maximum absolute atomic E-state index is 5.51. The van der Waals surface area contributed by atoms with E-state index in [2.05, 4.69) is 21.5 Å². The van der Waals surface area contributed by atoms with E-state index in [9.17, 15) is 0 Å². The zero-order valence-electron chi connectivity index (χ0n) is 11.3. The van der Waals surface area contributed by atoms with E-state index in [1.165, 1.54) is 5.56 Å². The van der Waals surface area contributed by atoms with Gasteiger partial charge in [-0.3, -0.25) is 0 Å². The van der Waals surface area contributed by atoms with Crippen LogP contribution in [0.15, 0.2) is 29.0 Å². The van der Waals surface area contributed by atoms with E-state index in [1.807, 2.05) is 37.7 Å². The van der Waals surface area contributed by atoms with Gasteiger partial charge in [0.2, 0.25) is 0 Å². The summed E-state index contributed by atoms with van der Waals surface area (Å²) in [6, 6.07) is 3.80. The van der Waals surface area contributed by atoms with Crippen molar-refractivity contribution in [1.82, 2.24) is 19.9 Å². The van der Waals surface area contributed by atoms with Gasteiger partial charge in [-0.15, -0.1) is 0 Å². The number of hydrogen-bond donors (Lipinski definition) is 1. The van der Waals surface area contributed by atoms with Crippen LogP contribution >= 0.6 is 0 Å². The Morgan fingerprint density at radius 2 is 2.21 bits per heavy atom. The molecule has 0 aromatic carbocycles. The van der Waals surface area contributed by atoms with Crippen LogP contribution < -0.4 is 5.32 Å². The number of hydrogen-bond acceptors (Lipinski definition) is 4. The fourth-order valence-electron chi connectivity index (χ4n) is 2.38. The molecule has 3 aromatic heterocycles. The first-order valence-electron chi connectivity index (χ1n) is 6.21. The summed E-state index contributed by atoms with van der Waals surface area (Å²) < 4.78 is 7.54. The second-order valence-corrected chi connectivity index (χ2v) is 4.59. The molecule has 0 atom stereocenters. The molecule has 3 rings (SSSR count). The Kier molecular flexibility index (Phi) is 2.83. The fourth-order valence-corrected chi connectivity index (χ4v) is 2.38. The van der Waals surface area contributed by atoms with Gasteiger partial charge in [0.15, 0.2) is 5.76 Å². The average Bonchev–Trinajstić information content (AvgIpc) is 2.99. The predicted octanol–water partition coefficient (Wildman–Crippen LogP) is 2.26. The average molecular weight is 256 g/mol. The van der Waals surface area contributed by atoms with E-state index in [0.29, 0.717) is 0 Å². The maximum atomic E-state index is 5.51. The molecule has 0 radical (unpaired) electrons. The number of aromatic nitrogens is 3. The van der Waals surface area contributed by atoms with E-state index < -0.39 is 0 Å². The Balaban J connectivity index is 2.36. The van der Waals surface area contributed by atoms with Gasteiger partial charge in [0.05, 0.1) is 11.6 Å². The lowest BCUT2D eigenvalue weighted by atomic mass is 10.1. The van der Waals surface area contributed by atoms with Crippen LogP contribution in [-0.2, 0) is 13.6 Å². The minimum atomic E-state index is 0.746. The third-order valence-corrected chi connectivity index (χ3v) is 3.13. The van der Waals surface area contributed by atoms with Gasteiger partial charge in [0.25, 0.3) is 0 Å².